The Morgan fingerprint density at radius 3 is 2.50 bits per heavy atom. The lowest BCUT2D eigenvalue weighted by Gasteiger charge is -2.36. The van der Waals surface area contributed by atoms with Crippen LogP contribution in [0.3, 0.4) is 0 Å². The van der Waals surface area contributed by atoms with Crippen LogP contribution in [-0.4, -0.2) is 48.8 Å². The Hall–Kier alpha value is -1.96. The van der Waals surface area contributed by atoms with Gasteiger partial charge in [-0.25, -0.2) is 0 Å². The maximum Gasteiger partial charge on any atom is 0.422 e. The third-order valence-electron chi connectivity index (χ3n) is 3.83. The molecule has 1 heterocycles. The molecule has 1 aliphatic rings. The number of nitrogens with two attached hydrogens (primary N) is 1. The molecule has 0 radical (unpaired) electrons. The van der Waals surface area contributed by atoms with Gasteiger partial charge in [0.2, 0.25) is 0 Å². The number of halogens is 3. The van der Waals surface area contributed by atoms with Crippen molar-refractivity contribution in [2.75, 3.05) is 19.8 Å². The second-order valence-corrected chi connectivity index (χ2v) is 5.86. The van der Waals surface area contributed by atoms with Gasteiger partial charge in [-0.2, -0.15) is 13.2 Å². The number of carbonyl (C=O) groups is 1. The average molecular weight is 346 g/mol. The first-order valence-corrected chi connectivity index (χ1v) is 7.72. The van der Waals surface area contributed by atoms with Gasteiger partial charge in [0.05, 0.1) is 0 Å². The molecule has 2 atom stereocenters. The summed E-state index contributed by atoms with van der Waals surface area (Å²) in [7, 11) is 0. The minimum Gasteiger partial charge on any atom is -0.480 e. The molecule has 5 nitrogen and oxygen atoms in total. The van der Waals surface area contributed by atoms with Gasteiger partial charge in [0.15, 0.2) is 24.7 Å². The SMILES string of the molecule is C[C@H]1C[C@H](N)CCN1C(=O)COc1ccccc1OCC(F)(F)F. The van der Waals surface area contributed by atoms with Gasteiger partial charge in [-0.05, 0) is 31.9 Å². The number of amides is 1. The van der Waals surface area contributed by atoms with Gasteiger partial charge in [0, 0.05) is 18.6 Å². The maximum absolute atomic E-state index is 12.3. The summed E-state index contributed by atoms with van der Waals surface area (Å²) in [6, 6.07) is 6.07. The summed E-state index contributed by atoms with van der Waals surface area (Å²) >= 11 is 0. The van der Waals surface area contributed by atoms with Crippen molar-refractivity contribution in [1.82, 2.24) is 4.90 Å². The van der Waals surface area contributed by atoms with Crippen LogP contribution in [0.5, 0.6) is 11.5 Å². The van der Waals surface area contributed by atoms with Crippen LogP contribution in [0.2, 0.25) is 0 Å². The van der Waals surface area contributed by atoms with Crippen LogP contribution >= 0.6 is 0 Å². The molecular weight excluding hydrogens is 325 g/mol. The van der Waals surface area contributed by atoms with Crippen molar-refractivity contribution in [2.24, 2.45) is 5.73 Å². The first-order valence-electron chi connectivity index (χ1n) is 7.72. The predicted octanol–water partition coefficient (Wildman–Crippen LogP) is 2.34. The lowest BCUT2D eigenvalue weighted by atomic mass is 9.99. The summed E-state index contributed by atoms with van der Waals surface area (Å²) in [5.74, 6) is -0.159. The van der Waals surface area contributed by atoms with E-state index in [1.165, 1.54) is 18.2 Å². The van der Waals surface area contributed by atoms with E-state index < -0.39 is 12.8 Å². The molecule has 1 aromatic rings. The minimum absolute atomic E-state index is 0.0153. The second kappa shape index (κ2) is 7.74. The van der Waals surface area contributed by atoms with Crippen LogP contribution in [0, 0.1) is 0 Å². The third kappa shape index (κ3) is 5.30. The van der Waals surface area contributed by atoms with Gasteiger partial charge < -0.3 is 20.1 Å². The van der Waals surface area contributed by atoms with E-state index in [1.807, 2.05) is 6.92 Å². The summed E-state index contributed by atoms with van der Waals surface area (Å²) in [5, 5.41) is 0. The monoisotopic (exact) mass is 346 g/mol. The Morgan fingerprint density at radius 2 is 1.92 bits per heavy atom. The fourth-order valence-electron chi connectivity index (χ4n) is 2.65. The maximum atomic E-state index is 12.3. The number of hydrogen-bond acceptors (Lipinski definition) is 4. The zero-order chi connectivity index (χ0) is 17.7. The Balaban J connectivity index is 1.93. The van der Waals surface area contributed by atoms with E-state index in [0.717, 1.165) is 12.8 Å². The van der Waals surface area contributed by atoms with E-state index >= 15 is 0 Å². The summed E-state index contributed by atoms with van der Waals surface area (Å²) in [6.45, 7) is 0.794. The smallest absolute Gasteiger partial charge is 0.422 e. The molecule has 0 unspecified atom stereocenters. The highest BCUT2D eigenvalue weighted by atomic mass is 19.4. The van der Waals surface area contributed by atoms with E-state index in [9.17, 15) is 18.0 Å². The highest BCUT2D eigenvalue weighted by Gasteiger charge is 2.29. The van der Waals surface area contributed by atoms with Crippen LogP contribution in [-0.2, 0) is 4.79 Å². The third-order valence-corrected chi connectivity index (χ3v) is 3.83. The molecule has 8 heteroatoms. The molecule has 1 fully saturated rings. The van der Waals surface area contributed by atoms with Gasteiger partial charge in [0.25, 0.3) is 5.91 Å². The zero-order valence-electron chi connectivity index (χ0n) is 13.4. The number of carbonyl (C=O) groups excluding carboxylic acids is 1. The molecule has 2 rings (SSSR count). The molecule has 134 valence electrons. The summed E-state index contributed by atoms with van der Waals surface area (Å²) in [6.07, 6.45) is -3.00. The standard InChI is InChI=1S/C16H21F3N2O3/c1-11-8-12(20)6-7-21(11)15(22)9-23-13-4-2-3-5-14(13)24-10-16(17,18)19/h2-5,11-12H,6-10,20H2,1H3/t11-,12+/m0/s1. The largest absolute Gasteiger partial charge is 0.480 e. The quantitative estimate of drug-likeness (QED) is 0.889. The highest BCUT2D eigenvalue weighted by molar-refractivity contribution is 5.78. The van der Waals surface area contributed by atoms with Crippen molar-refractivity contribution in [1.29, 1.82) is 0 Å². The van der Waals surface area contributed by atoms with Crippen LogP contribution in [0.25, 0.3) is 0 Å². The summed E-state index contributed by atoms with van der Waals surface area (Å²) in [4.78, 5) is 13.9. The van der Waals surface area contributed by atoms with Crippen molar-refractivity contribution in [3.63, 3.8) is 0 Å². The number of nitrogens with zero attached hydrogens (tertiary/aromatic N) is 1. The Bertz CT molecular complexity index is 566. The number of ether oxygens (including phenoxy) is 2. The normalized spacial score (nSPS) is 21.5. The summed E-state index contributed by atoms with van der Waals surface area (Å²) in [5.41, 5.74) is 5.86. The molecule has 0 aromatic heterocycles. The molecule has 24 heavy (non-hydrogen) atoms. The number of hydrogen-bond donors (Lipinski definition) is 1. The van der Waals surface area contributed by atoms with Gasteiger partial charge in [-0.3, -0.25) is 4.79 Å². The number of para-hydroxylation sites is 2. The molecule has 0 aliphatic carbocycles. The van der Waals surface area contributed by atoms with E-state index in [2.05, 4.69) is 0 Å². The van der Waals surface area contributed by atoms with Crippen LogP contribution < -0.4 is 15.2 Å². The molecule has 0 bridgehead atoms. The van der Waals surface area contributed by atoms with Crippen molar-refractivity contribution in [2.45, 2.75) is 38.0 Å². The second-order valence-electron chi connectivity index (χ2n) is 5.86. The molecule has 1 aliphatic heterocycles. The van der Waals surface area contributed by atoms with Crippen LogP contribution in [0.1, 0.15) is 19.8 Å². The Labute approximate surface area is 138 Å². The lowest BCUT2D eigenvalue weighted by molar-refractivity contribution is -0.153. The van der Waals surface area contributed by atoms with Gasteiger partial charge >= 0.3 is 6.18 Å². The van der Waals surface area contributed by atoms with Crippen molar-refractivity contribution < 1.29 is 27.4 Å². The summed E-state index contributed by atoms with van der Waals surface area (Å²) < 4.78 is 46.9. The van der Waals surface area contributed by atoms with E-state index in [1.54, 1.807) is 11.0 Å². The van der Waals surface area contributed by atoms with Gasteiger partial charge in [-0.1, -0.05) is 12.1 Å². The van der Waals surface area contributed by atoms with Crippen LogP contribution in [0.4, 0.5) is 13.2 Å². The zero-order valence-corrected chi connectivity index (χ0v) is 13.4. The van der Waals surface area contributed by atoms with Crippen molar-refractivity contribution in [3.8, 4) is 11.5 Å². The topological polar surface area (TPSA) is 64.8 Å². The Kier molecular flexibility index (Phi) is 5.93. The fraction of sp³-hybridized carbons (Fsp3) is 0.562. The molecule has 0 spiro atoms. The number of alkyl halides is 3. The predicted molar refractivity (Wildman–Crippen MR) is 81.9 cm³/mol. The molecule has 1 aromatic carbocycles. The number of rotatable bonds is 5. The Morgan fingerprint density at radius 1 is 1.29 bits per heavy atom. The lowest BCUT2D eigenvalue weighted by Crippen LogP contribution is -2.49. The molecule has 1 saturated heterocycles. The fourth-order valence-corrected chi connectivity index (χ4v) is 2.65. The molecular formula is C16H21F3N2O3. The molecule has 0 saturated carbocycles. The van der Waals surface area contributed by atoms with E-state index in [-0.39, 0.29) is 36.1 Å². The number of piperidine rings is 1. The van der Waals surface area contributed by atoms with E-state index in [0.29, 0.717) is 6.54 Å². The average Bonchev–Trinajstić information content (AvgIpc) is 2.50. The molecule has 2 N–H and O–H groups in total. The number of benzene rings is 1. The van der Waals surface area contributed by atoms with E-state index in [4.69, 9.17) is 15.2 Å². The first-order chi connectivity index (χ1) is 11.3. The van der Waals surface area contributed by atoms with Crippen LogP contribution in [0.15, 0.2) is 24.3 Å². The van der Waals surface area contributed by atoms with Crippen molar-refractivity contribution in [3.05, 3.63) is 24.3 Å². The van der Waals surface area contributed by atoms with Gasteiger partial charge in [0.1, 0.15) is 0 Å². The minimum atomic E-state index is -4.44. The van der Waals surface area contributed by atoms with Crippen molar-refractivity contribution >= 4 is 5.91 Å². The number of likely N-dealkylation sites (tertiary alicyclic amines) is 1. The molecule has 1 amide bonds. The first kappa shape index (κ1) is 18.4. The highest BCUT2D eigenvalue weighted by Crippen LogP contribution is 2.28. The van der Waals surface area contributed by atoms with Gasteiger partial charge in [-0.15, -0.1) is 0 Å².